The van der Waals surface area contributed by atoms with Crippen LogP contribution in [0.3, 0.4) is 0 Å². The van der Waals surface area contributed by atoms with Gasteiger partial charge in [0, 0.05) is 18.0 Å². The van der Waals surface area contributed by atoms with E-state index in [-0.39, 0.29) is 5.56 Å². The minimum absolute atomic E-state index is 0.158. The Morgan fingerprint density at radius 2 is 2.29 bits per heavy atom. The number of hydrogen-bond acceptors (Lipinski definition) is 3. The molecule has 2 rings (SSSR count). The van der Waals surface area contributed by atoms with Gasteiger partial charge >= 0.3 is 0 Å². The maximum Gasteiger partial charge on any atom is 0.258 e. The molecule has 0 fully saturated rings. The monoisotopic (exact) mass is 234 g/mol. The molecule has 0 bridgehead atoms. The summed E-state index contributed by atoms with van der Waals surface area (Å²) in [6, 6.07) is 2.85. The van der Waals surface area contributed by atoms with E-state index in [4.69, 9.17) is 0 Å². The zero-order chi connectivity index (χ0) is 12.3. The van der Waals surface area contributed by atoms with Gasteiger partial charge in [-0.15, -0.1) is 0 Å². The number of anilines is 1. The first-order chi connectivity index (χ1) is 8.19. The van der Waals surface area contributed by atoms with Crippen molar-refractivity contribution < 1.29 is 9.18 Å². The molecule has 0 aromatic carbocycles. The Morgan fingerprint density at radius 1 is 1.47 bits per heavy atom. The molecule has 0 saturated carbocycles. The number of aromatic nitrogens is 3. The van der Waals surface area contributed by atoms with Gasteiger partial charge in [0.2, 0.25) is 0 Å². The number of aromatic amines is 1. The maximum absolute atomic E-state index is 12.9. The average Bonchev–Trinajstić information content (AvgIpc) is 2.77. The molecule has 0 aliphatic carbocycles. The first-order valence-electron chi connectivity index (χ1n) is 5.15. The molecule has 0 aliphatic heterocycles. The van der Waals surface area contributed by atoms with Crippen LogP contribution in [0.5, 0.6) is 0 Å². The topological polar surface area (TPSA) is 70.7 Å². The van der Waals surface area contributed by atoms with Crippen molar-refractivity contribution in [3.63, 3.8) is 0 Å². The number of amides is 1. The van der Waals surface area contributed by atoms with Gasteiger partial charge < -0.3 is 5.32 Å². The summed E-state index contributed by atoms with van der Waals surface area (Å²) in [5, 5.41) is 9.23. The Hall–Kier alpha value is -2.24. The molecule has 2 aromatic rings. The number of carbonyl (C=O) groups excluding carboxylic acids is 1. The lowest BCUT2D eigenvalue weighted by atomic mass is 10.2. The van der Waals surface area contributed by atoms with E-state index in [1.165, 1.54) is 6.20 Å². The van der Waals surface area contributed by atoms with Crippen molar-refractivity contribution in [2.24, 2.45) is 0 Å². The molecule has 6 heteroatoms. The lowest BCUT2D eigenvalue weighted by Gasteiger charge is -2.00. The van der Waals surface area contributed by atoms with Crippen molar-refractivity contribution in [1.82, 2.24) is 15.2 Å². The van der Waals surface area contributed by atoms with Gasteiger partial charge in [-0.3, -0.25) is 14.9 Å². The summed E-state index contributed by atoms with van der Waals surface area (Å²) in [6.45, 7) is 1.97. The predicted octanol–water partition coefficient (Wildman–Crippen LogP) is 1.76. The zero-order valence-electron chi connectivity index (χ0n) is 9.20. The van der Waals surface area contributed by atoms with Gasteiger partial charge in [0.05, 0.1) is 11.8 Å². The van der Waals surface area contributed by atoms with Crippen LogP contribution in [0.1, 0.15) is 23.0 Å². The Kier molecular flexibility index (Phi) is 3.13. The second kappa shape index (κ2) is 4.73. The van der Waals surface area contributed by atoms with E-state index < -0.39 is 11.7 Å². The zero-order valence-corrected chi connectivity index (χ0v) is 9.20. The van der Waals surface area contributed by atoms with Crippen molar-refractivity contribution in [3.8, 4) is 0 Å². The fourth-order valence-corrected chi connectivity index (χ4v) is 1.33. The van der Waals surface area contributed by atoms with Gasteiger partial charge in [-0.05, 0) is 12.5 Å². The van der Waals surface area contributed by atoms with Crippen LogP contribution in [0.4, 0.5) is 10.2 Å². The summed E-state index contributed by atoms with van der Waals surface area (Å²) in [6.07, 6.45) is 3.14. The van der Waals surface area contributed by atoms with E-state index in [1.807, 2.05) is 6.92 Å². The van der Waals surface area contributed by atoms with Crippen molar-refractivity contribution in [3.05, 3.63) is 41.6 Å². The summed E-state index contributed by atoms with van der Waals surface area (Å²) in [4.78, 5) is 15.3. The Morgan fingerprint density at radius 3 is 2.94 bits per heavy atom. The minimum atomic E-state index is -0.547. The maximum atomic E-state index is 12.9. The second-order valence-corrected chi connectivity index (χ2v) is 3.48. The highest BCUT2D eigenvalue weighted by atomic mass is 19.1. The number of nitrogens with one attached hydrogen (secondary N) is 2. The second-order valence-electron chi connectivity index (χ2n) is 3.48. The molecule has 0 spiro atoms. The lowest BCUT2D eigenvalue weighted by molar-refractivity contribution is 0.102. The molecule has 5 nitrogen and oxygen atoms in total. The fourth-order valence-electron chi connectivity index (χ4n) is 1.33. The summed E-state index contributed by atoms with van der Waals surface area (Å²) in [7, 11) is 0. The summed E-state index contributed by atoms with van der Waals surface area (Å²) < 4.78 is 12.9. The van der Waals surface area contributed by atoms with Crippen molar-refractivity contribution in [2.45, 2.75) is 13.3 Å². The normalized spacial score (nSPS) is 10.2. The standard InChI is InChI=1S/C11H11FN4O/c1-2-9-4-10(16-15-9)14-11(17)7-3-8(12)6-13-5-7/h3-6H,2H2,1H3,(H2,14,15,16,17). The van der Waals surface area contributed by atoms with Crippen LogP contribution in [0.25, 0.3) is 0 Å². The largest absolute Gasteiger partial charge is 0.305 e. The SMILES string of the molecule is CCc1cc(NC(=O)c2cncc(F)c2)n[nH]1. The van der Waals surface area contributed by atoms with E-state index in [2.05, 4.69) is 20.5 Å². The molecule has 0 saturated heterocycles. The molecule has 1 amide bonds. The van der Waals surface area contributed by atoms with Crippen LogP contribution >= 0.6 is 0 Å². The van der Waals surface area contributed by atoms with Gasteiger partial charge in [-0.25, -0.2) is 4.39 Å². The summed E-state index contributed by atoms with van der Waals surface area (Å²) in [5.41, 5.74) is 1.07. The highest BCUT2D eigenvalue weighted by Gasteiger charge is 2.09. The van der Waals surface area contributed by atoms with Crippen molar-refractivity contribution >= 4 is 11.7 Å². The minimum Gasteiger partial charge on any atom is -0.305 e. The van der Waals surface area contributed by atoms with Crippen LogP contribution in [-0.4, -0.2) is 21.1 Å². The number of nitrogens with zero attached hydrogens (tertiary/aromatic N) is 2. The van der Waals surface area contributed by atoms with Crippen molar-refractivity contribution in [2.75, 3.05) is 5.32 Å². The first kappa shape index (κ1) is 11.3. The van der Waals surface area contributed by atoms with Gasteiger partial charge in [-0.2, -0.15) is 5.10 Å². The third kappa shape index (κ3) is 2.66. The molecular weight excluding hydrogens is 223 g/mol. The van der Waals surface area contributed by atoms with Gasteiger partial charge in [0.1, 0.15) is 5.82 Å². The Labute approximate surface area is 97.1 Å². The highest BCUT2D eigenvalue weighted by molar-refractivity contribution is 6.03. The Balaban J connectivity index is 2.11. The van der Waals surface area contributed by atoms with Gasteiger partial charge in [0.15, 0.2) is 5.82 Å². The average molecular weight is 234 g/mol. The summed E-state index contributed by atoms with van der Waals surface area (Å²) in [5.74, 6) is -0.573. The quantitative estimate of drug-likeness (QED) is 0.850. The molecule has 2 aromatic heterocycles. The lowest BCUT2D eigenvalue weighted by Crippen LogP contribution is -2.12. The third-order valence-electron chi connectivity index (χ3n) is 2.22. The molecule has 0 aliphatic rings. The number of aryl methyl sites for hydroxylation is 1. The number of hydrogen-bond donors (Lipinski definition) is 2. The number of halogens is 1. The molecular formula is C11H11FN4O. The van der Waals surface area contributed by atoms with E-state index in [1.54, 1.807) is 6.07 Å². The van der Waals surface area contributed by atoms with E-state index >= 15 is 0 Å². The van der Waals surface area contributed by atoms with Gasteiger partial charge in [-0.1, -0.05) is 6.92 Å². The number of pyridine rings is 1. The molecule has 0 radical (unpaired) electrons. The Bertz CT molecular complexity index is 538. The van der Waals surface area contributed by atoms with Crippen LogP contribution in [-0.2, 0) is 6.42 Å². The predicted molar refractivity (Wildman–Crippen MR) is 60.1 cm³/mol. The third-order valence-corrected chi connectivity index (χ3v) is 2.22. The number of H-pyrrole nitrogens is 1. The van der Waals surface area contributed by atoms with E-state index in [0.29, 0.717) is 5.82 Å². The van der Waals surface area contributed by atoms with Gasteiger partial charge in [0.25, 0.3) is 5.91 Å². The number of carbonyl (C=O) groups is 1. The van der Waals surface area contributed by atoms with Crippen LogP contribution in [0.15, 0.2) is 24.5 Å². The molecule has 2 heterocycles. The van der Waals surface area contributed by atoms with Crippen LogP contribution < -0.4 is 5.32 Å². The molecule has 2 N–H and O–H groups in total. The fraction of sp³-hybridized carbons (Fsp3) is 0.182. The first-order valence-corrected chi connectivity index (χ1v) is 5.15. The smallest absolute Gasteiger partial charge is 0.258 e. The van der Waals surface area contributed by atoms with E-state index in [0.717, 1.165) is 24.4 Å². The molecule has 88 valence electrons. The molecule has 17 heavy (non-hydrogen) atoms. The summed E-state index contributed by atoms with van der Waals surface area (Å²) >= 11 is 0. The van der Waals surface area contributed by atoms with Crippen molar-refractivity contribution in [1.29, 1.82) is 0 Å². The number of rotatable bonds is 3. The highest BCUT2D eigenvalue weighted by Crippen LogP contribution is 2.08. The van der Waals surface area contributed by atoms with E-state index in [9.17, 15) is 9.18 Å². The molecule has 0 unspecified atom stereocenters. The molecule has 0 atom stereocenters. The van der Waals surface area contributed by atoms with Crippen LogP contribution in [0.2, 0.25) is 0 Å². The van der Waals surface area contributed by atoms with Crippen LogP contribution in [0, 0.1) is 5.82 Å².